The van der Waals surface area contributed by atoms with Crippen LogP contribution < -0.4 is 11.2 Å². The molecular formula is C11H23N3S. The smallest absolute Gasteiger partial charge is 0.0374 e. The third-order valence-corrected chi connectivity index (χ3v) is 4.68. The number of hydrogen-bond donors (Lipinski definition) is 2. The van der Waals surface area contributed by atoms with Crippen LogP contribution >= 0.6 is 11.8 Å². The molecule has 0 saturated carbocycles. The van der Waals surface area contributed by atoms with Crippen molar-refractivity contribution >= 4 is 11.8 Å². The largest absolute Gasteiger partial charge is 0.329 e. The Bertz CT molecular complexity index is 177. The number of hydrogen-bond acceptors (Lipinski definition) is 4. The summed E-state index contributed by atoms with van der Waals surface area (Å²) in [6.07, 6.45) is 5.41. The van der Waals surface area contributed by atoms with Gasteiger partial charge in [-0.1, -0.05) is 6.42 Å². The van der Waals surface area contributed by atoms with Gasteiger partial charge in [0.1, 0.15) is 0 Å². The van der Waals surface area contributed by atoms with Crippen LogP contribution in [0.15, 0.2) is 0 Å². The fourth-order valence-electron chi connectivity index (χ4n) is 2.48. The molecule has 0 bridgehead atoms. The number of piperidine rings is 1. The molecule has 3 nitrogen and oxygen atoms in total. The molecule has 0 aromatic rings. The molecule has 88 valence electrons. The van der Waals surface area contributed by atoms with E-state index in [2.05, 4.69) is 22.2 Å². The molecule has 0 amide bonds. The predicted octanol–water partition coefficient (Wildman–Crippen LogP) is 1.06. The summed E-state index contributed by atoms with van der Waals surface area (Å²) in [5.41, 5.74) is 9.51. The molecular weight excluding hydrogens is 206 g/mol. The van der Waals surface area contributed by atoms with Crippen molar-refractivity contribution in [1.82, 2.24) is 10.4 Å². The van der Waals surface area contributed by atoms with E-state index < -0.39 is 0 Å². The average Bonchev–Trinajstić information content (AvgIpc) is 2.81. The molecule has 2 heterocycles. The summed E-state index contributed by atoms with van der Waals surface area (Å²) in [7, 11) is 0. The number of nitrogens with two attached hydrogens (primary N) is 1. The van der Waals surface area contributed by atoms with E-state index in [1.807, 2.05) is 0 Å². The molecule has 2 rings (SSSR count). The van der Waals surface area contributed by atoms with Crippen molar-refractivity contribution in [3.05, 3.63) is 0 Å². The summed E-state index contributed by atoms with van der Waals surface area (Å²) in [4.78, 5) is 0. The van der Waals surface area contributed by atoms with Gasteiger partial charge < -0.3 is 5.73 Å². The second-order valence-corrected chi connectivity index (χ2v) is 5.79. The lowest BCUT2D eigenvalue weighted by Crippen LogP contribution is -2.53. The van der Waals surface area contributed by atoms with Gasteiger partial charge in [0.2, 0.25) is 0 Å². The maximum absolute atomic E-state index is 5.87. The Labute approximate surface area is 97.1 Å². The highest BCUT2D eigenvalue weighted by Gasteiger charge is 2.26. The van der Waals surface area contributed by atoms with Crippen LogP contribution in [-0.4, -0.2) is 42.2 Å². The van der Waals surface area contributed by atoms with Gasteiger partial charge in [-0.05, 0) is 36.7 Å². The maximum atomic E-state index is 5.87. The molecule has 0 spiro atoms. The molecule has 2 fully saturated rings. The normalized spacial score (nSPS) is 30.6. The molecule has 0 aliphatic carbocycles. The first-order valence-corrected chi connectivity index (χ1v) is 7.34. The van der Waals surface area contributed by atoms with Gasteiger partial charge in [-0.2, -0.15) is 11.8 Å². The fraction of sp³-hybridized carbons (Fsp3) is 1.00. The third kappa shape index (κ3) is 3.34. The van der Waals surface area contributed by atoms with E-state index in [-0.39, 0.29) is 0 Å². The number of hydrazine groups is 1. The summed E-state index contributed by atoms with van der Waals surface area (Å²) in [5, 5.41) is 2.39. The van der Waals surface area contributed by atoms with Crippen LogP contribution in [-0.2, 0) is 0 Å². The summed E-state index contributed by atoms with van der Waals surface area (Å²) < 4.78 is 0. The van der Waals surface area contributed by atoms with E-state index in [0.717, 1.165) is 12.5 Å². The first-order valence-electron chi connectivity index (χ1n) is 6.19. The zero-order valence-electron chi connectivity index (χ0n) is 9.45. The van der Waals surface area contributed by atoms with Gasteiger partial charge in [0.05, 0.1) is 0 Å². The molecule has 0 aromatic carbocycles. The number of nitrogens with one attached hydrogen (secondary N) is 1. The highest BCUT2D eigenvalue weighted by molar-refractivity contribution is 7.99. The SMILES string of the molecule is NCC(NN1CCCCC1)C1CCSC1. The second-order valence-electron chi connectivity index (χ2n) is 4.64. The molecule has 2 atom stereocenters. The van der Waals surface area contributed by atoms with Gasteiger partial charge in [0.25, 0.3) is 0 Å². The highest BCUT2D eigenvalue weighted by atomic mass is 32.2. The molecule has 2 saturated heterocycles. The minimum atomic E-state index is 0.512. The quantitative estimate of drug-likeness (QED) is 0.756. The summed E-state index contributed by atoms with van der Waals surface area (Å²) in [6.45, 7) is 3.19. The van der Waals surface area contributed by atoms with Crippen molar-refractivity contribution in [3.8, 4) is 0 Å². The topological polar surface area (TPSA) is 41.3 Å². The summed E-state index contributed by atoms with van der Waals surface area (Å²) >= 11 is 2.07. The number of rotatable bonds is 4. The lowest BCUT2D eigenvalue weighted by atomic mass is 10.00. The van der Waals surface area contributed by atoms with E-state index in [9.17, 15) is 0 Å². The third-order valence-electron chi connectivity index (χ3n) is 3.49. The van der Waals surface area contributed by atoms with E-state index in [1.165, 1.54) is 50.3 Å². The summed E-state index contributed by atoms with van der Waals surface area (Å²) in [6, 6.07) is 0.512. The van der Waals surface area contributed by atoms with E-state index >= 15 is 0 Å². The monoisotopic (exact) mass is 229 g/mol. The Morgan fingerprint density at radius 3 is 2.73 bits per heavy atom. The van der Waals surface area contributed by atoms with Crippen molar-refractivity contribution < 1.29 is 0 Å². The van der Waals surface area contributed by atoms with Crippen LogP contribution in [0.5, 0.6) is 0 Å². The van der Waals surface area contributed by atoms with Gasteiger partial charge >= 0.3 is 0 Å². The van der Waals surface area contributed by atoms with Crippen LogP contribution in [0, 0.1) is 5.92 Å². The van der Waals surface area contributed by atoms with Crippen LogP contribution in [0.1, 0.15) is 25.7 Å². The predicted molar refractivity (Wildman–Crippen MR) is 66.8 cm³/mol. The second kappa shape index (κ2) is 6.09. The van der Waals surface area contributed by atoms with E-state index in [4.69, 9.17) is 5.73 Å². The zero-order chi connectivity index (χ0) is 10.5. The minimum Gasteiger partial charge on any atom is -0.329 e. The first-order chi connectivity index (χ1) is 7.40. The molecule has 15 heavy (non-hydrogen) atoms. The van der Waals surface area contributed by atoms with Gasteiger partial charge in [-0.3, -0.25) is 5.43 Å². The standard InChI is InChI=1S/C11H23N3S/c12-8-11(10-4-7-15-9-10)13-14-5-2-1-3-6-14/h10-11,13H,1-9,12H2. The van der Waals surface area contributed by atoms with E-state index in [0.29, 0.717) is 6.04 Å². The Morgan fingerprint density at radius 1 is 1.33 bits per heavy atom. The van der Waals surface area contributed by atoms with Crippen molar-refractivity contribution in [3.63, 3.8) is 0 Å². The van der Waals surface area contributed by atoms with Gasteiger partial charge in [-0.15, -0.1) is 0 Å². The lowest BCUT2D eigenvalue weighted by molar-refractivity contribution is 0.113. The molecule has 2 aliphatic heterocycles. The zero-order valence-corrected chi connectivity index (χ0v) is 10.3. The van der Waals surface area contributed by atoms with Crippen molar-refractivity contribution in [2.75, 3.05) is 31.1 Å². The first kappa shape index (κ1) is 11.7. The minimum absolute atomic E-state index is 0.512. The van der Waals surface area contributed by atoms with Gasteiger partial charge in [0, 0.05) is 25.7 Å². The highest BCUT2D eigenvalue weighted by Crippen LogP contribution is 2.26. The van der Waals surface area contributed by atoms with Crippen molar-refractivity contribution in [2.45, 2.75) is 31.7 Å². The Morgan fingerprint density at radius 2 is 2.13 bits per heavy atom. The average molecular weight is 229 g/mol. The van der Waals surface area contributed by atoms with Crippen molar-refractivity contribution in [1.29, 1.82) is 0 Å². The number of thioether (sulfide) groups is 1. The lowest BCUT2D eigenvalue weighted by Gasteiger charge is -2.33. The molecule has 2 unspecified atom stereocenters. The Hall–Kier alpha value is 0.230. The van der Waals surface area contributed by atoms with Crippen LogP contribution in [0.2, 0.25) is 0 Å². The molecule has 0 radical (unpaired) electrons. The van der Waals surface area contributed by atoms with Gasteiger partial charge in [0.15, 0.2) is 0 Å². The summed E-state index contributed by atoms with van der Waals surface area (Å²) in [5.74, 6) is 3.41. The molecule has 3 N–H and O–H groups in total. The van der Waals surface area contributed by atoms with Crippen molar-refractivity contribution in [2.24, 2.45) is 11.7 Å². The fourth-order valence-corrected chi connectivity index (χ4v) is 3.82. The Kier molecular flexibility index (Phi) is 4.75. The molecule has 0 aromatic heterocycles. The Balaban J connectivity index is 1.78. The van der Waals surface area contributed by atoms with Gasteiger partial charge in [-0.25, -0.2) is 5.01 Å². The maximum Gasteiger partial charge on any atom is 0.0374 e. The number of nitrogens with zero attached hydrogens (tertiary/aromatic N) is 1. The molecule has 2 aliphatic rings. The van der Waals surface area contributed by atoms with Crippen LogP contribution in [0.25, 0.3) is 0 Å². The molecule has 4 heteroatoms. The van der Waals surface area contributed by atoms with Crippen LogP contribution in [0.4, 0.5) is 0 Å². The van der Waals surface area contributed by atoms with E-state index in [1.54, 1.807) is 0 Å². The van der Waals surface area contributed by atoms with Crippen LogP contribution in [0.3, 0.4) is 0 Å².